The molecule has 20 heavy (non-hydrogen) atoms. The fourth-order valence-electron chi connectivity index (χ4n) is 1.63. The Morgan fingerprint density at radius 3 is 2.55 bits per heavy atom. The van der Waals surface area contributed by atoms with E-state index >= 15 is 0 Å². The lowest BCUT2D eigenvalue weighted by molar-refractivity contribution is -0.0512. The molecule has 7 heteroatoms. The maximum atomic E-state index is 12.1. The molecular formula is C13H12F2N2O3. The molecule has 106 valence electrons. The third-order valence-corrected chi connectivity index (χ3v) is 2.58. The van der Waals surface area contributed by atoms with E-state index < -0.39 is 17.9 Å². The molecule has 0 spiro atoms. The molecule has 2 aromatic rings. The number of methoxy groups -OCH3 is 1. The number of nitrogens with zero attached hydrogens (tertiary/aromatic N) is 2. The lowest BCUT2D eigenvalue weighted by Gasteiger charge is -2.08. The number of halogens is 2. The van der Waals surface area contributed by atoms with E-state index in [-0.39, 0.29) is 6.54 Å². The van der Waals surface area contributed by atoms with Crippen molar-refractivity contribution >= 4 is 0 Å². The Hall–Kier alpha value is -2.44. The van der Waals surface area contributed by atoms with Crippen LogP contribution in [0.1, 0.15) is 5.56 Å². The highest BCUT2D eigenvalue weighted by Gasteiger charge is 2.11. The van der Waals surface area contributed by atoms with Gasteiger partial charge in [0, 0.05) is 6.07 Å². The normalized spacial score (nSPS) is 10.6. The molecule has 0 bridgehead atoms. The summed E-state index contributed by atoms with van der Waals surface area (Å²) < 4.78 is 34.5. The maximum Gasteiger partial charge on any atom is 0.387 e. The van der Waals surface area contributed by atoms with E-state index in [4.69, 9.17) is 4.74 Å². The average molecular weight is 282 g/mol. The smallest absolute Gasteiger partial charge is 0.387 e. The Morgan fingerprint density at radius 1 is 1.25 bits per heavy atom. The Bertz CT molecular complexity index is 626. The van der Waals surface area contributed by atoms with Crippen LogP contribution < -0.4 is 15.0 Å². The van der Waals surface area contributed by atoms with Crippen molar-refractivity contribution in [3.8, 4) is 11.5 Å². The van der Waals surface area contributed by atoms with Crippen molar-refractivity contribution in [3.05, 3.63) is 52.4 Å². The van der Waals surface area contributed by atoms with Gasteiger partial charge in [-0.25, -0.2) is 4.68 Å². The van der Waals surface area contributed by atoms with Crippen molar-refractivity contribution in [2.45, 2.75) is 13.2 Å². The summed E-state index contributed by atoms with van der Waals surface area (Å²) >= 11 is 0. The van der Waals surface area contributed by atoms with Gasteiger partial charge < -0.3 is 9.47 Å². The molecule has 5 nitrogen and oxygen atoms in total. The van der Waals surface area contributed by atoms with Crippen LogP contribution in [-0.2, 0) is 6.54 Å². The molecular weight excluding hydrogens is 270 g/mol. The van der Waals surface area contributed by atoms with Crippen LogP contribution in [0.5, 0.6) is 11.5 Å². The fraction of sp³-hybridized carbons (Fsp3) is 0.231. The van der Waals surface area contributed by atoms with Gasteiger partial charge in [0.15, 0.2) is 5.75 Å². The van der Waals surface area contributed by atoms with Crippen molar-refractivity contribution in [2.24, 2.45) is 0 Å². The molecule has 1 aromatic heterocycles. The second-order valence-electron chi connectivity index (χ2n) is 3.88. The SMILES string of the molecule is COc1ccc(Cn2nccc(OC(F)F)c2=O)cc1. The molecule has 0 aliphatic carbocycles. The van der Waals surface area contributed by atoms with Gasteiger partial charge in [-0.05, 0) is 17.7 Å². The lowest BCUT2D eigenvalue weighted by Crippen LogP contribution is -2.25. The van der Waals surface area contributed by atoms with Gasteiger partial charge in [0.1, 0.15) is 5.75 Å². The molecule has 0 amide bonds. The second kappa shape index (κ2) is 6.14. The van der Waals surface area contributed by atoms with E-state index in [1.807, 2.05) is 0 Å². The monoisotopic (exact) mass is 282 g/mol. The van der Waals surface area contributed by atoms with Crippen LogP contribution in [0.3, 0.4) is 0 Å². The molecule has 0 aliphatic heterocycles. The van der Waals surface area contributed by atoms with Crippen LogP contribution >= 0.6 is 0 Å². The van der Waals surface area contributed by atoms with Crippen molar-refractivity contribution < 1.29 is 18.3 Å². The number of hydrogen-bond donors (Lipinski definition) is 0. The van der Waals surface area contributed by atoms with Crippen molar-refractivity contribution in [1.29, 1.82) is 0 Å². The number of aromatic nitrogens is 2. The molecule has 0 aliphatic rings. The number of benzene rings is 1. The third-order valence-electron chi connectivity index (χ3n) is 2.58. The molecule has 0 radical (unpaired) electrons. The molecule has 0 N–H and O–H groups in total. The first kappa shape index (κ1) is 14.0. The summed E-state index contributed by atoms with van der Waals surface area (Å²) in [4.78, 5) is 11.8. The zero-order valence-corrected chi connectivity index (χ0v) is 10.6. The quantitative estimate of drug-likeness (QED) is 0.840. The van der Waals surface area contributed by atoms with Gasteiger partial charge in [0.2, 0.25) is 0 Å². The van der Waals surface area contributed by atoms with Gasteiger partial charge in [0.25, 0.3) is 0 Å². The summed E-state index contributed by atoms with van der Waals surface area (Å²) in [5, 5.41) is 3.83. The minimum Gasteiger partial charge on any atom is -0.497 e. The highest BCUT2D eigenvalue weighted by Crippen LogP contribution is 2.12. The number of rotatable bonds is 5. The van der Waals surface area contributed by atoms with Crippen LogP contribution in [0.4, 0.5) is 8.78 Å². The van der Waals surface area contributed by atoms with E-state index in [2.05, 4.69) is 9.84 Å². The highest BCUT2D eigenvalue weighted by molar-refractivity contribution is 5.27. The first-order valence-corrected chi connectivity index (χ1v) is 5.74. The van der Waals surface area contributed by atoms with Gasteiger partial charge in [-0.15, -0.1) is 0 Å². The first-order valence-electron chi connectivity index (χ1n) is 5.74. The third kappa shape index (κ3) is 3.31. The van der Waals surface area contributed by atoms with E-state index in [1.165, 1.54) is 6.20 Å². The maximum absolute atomic E-state index is 12.1. The molecule has 1 heterocycles. The molecule has 0 atom stereocenters. The van der Waals surface area contributed by atoms with E-state index in [0.29, 0.717) is 5.75 Å². The van der Waals surface area contributed by atoms with Crippen LogP contribution in [0, 0.1) is 0 Å². The number of alkyl halides is 2. The average Bonchev–Trinajstić information content (AvgIpc) is 2.43. The Kier molecular flexibility index (Phi) is 4.29. The molecule has 0 saturated carbocycles. The fourth-order valence-corrected chi connectivity index (χ4v) is 1.63. The summed E-state index contributed by atoms with van der Waals surface area (Å²) in [6.07, 6.45) is 1.24. The lowest BCUT2D eigenvalue weighted by atomic mass is 10.2. The summed E-state index contributed by atoms with van der Waals surface area (Å²) in [7, 11) is 1.55. The summed E-state index contributed by atoms with van der Waals surface area (Å²) in [5.74, 6) is 0.257. The molecule has 1 aromatic carbocycles. The first-order chi connectivity index (χ1) is 9.60. The van der Waals surface area contributed by atoms with Gasteiger partial charge in [-0.3, -0.25) is 4.79 Å². The molecule has 0 unspecified atom stereocenters. The van der Waals surface area contributed by atoms with Gasteiger partial charge in [-0.2, -0.15) is 13.9 Å². The Balaban J connectivity index is 2.22. The largest absolute Gasteiger partial charge is 0.497 e. The highest BCUT2D eigenvalue weighted by atomic mass is 19.3. The zero-order valence-electron chi connectivity index (χ0n) is 10.6. The van der Waals surface area contributed by atoms with Crippen molar-refractivity contribution in [2.75, 3.05) is 7.11 Å². The Labute approximate surface area is 113 Å². The van der Waals surface area contributed by atoms with Gasteiger partial charge >= 0.3 is 12.2 Å². The minimum absolute atomic E-state index is 0.156. The minimum atomic E-state index is -3.04. The van der Waals surface area contributed by atoms with E-state index in [0.717, 1.165) is 16.3 Å². The standard InChI is InChI=1S/C13H12F2N2O3/c1-19-10-4-2-9(3-5-10)8-17-12(18)11(6-7-16-17)20-13(14)15/h2-7,13H,8H2,1H3. The van der Waals surface area contributed by atoms with Crippen LogP contribution in [0.25, 0.3) is 0 Å². The van der Waals surface area contributed by atoms with Gasteiger partial charge in [0.05, 0.1) is 19.9 Å². The van der Waals surface area contributed by atoms with E-state index in [9.17, 15) is 13.6 Å². The van der Waals surface area contributed by atoms with Crippen molar-refractivity contribution in [1.82, 2.24) is 9.78 Å². The van der Waals surface area contributed by atoms with E-state index in [1.54, 1.807) is 31.4 Å². The predicted molar refractivity (Wildman–Crippen MR) is 67.2 cm³/mol. The number of ether oxygens (including phenoxy) is 2. The van der Waals surface area contributed by atoms with Gasteiger partial charge in [-0.1, -0.05) is 12.1 Å². The molecule has 0 fully saturated rings. The summed E-state index contributed by atoms with van der Waals surface area (Å²) in [5.41, 5.74) is 0.0817. The number of hydrogen-bond acceptors (Lipinski definition) is 4. The van der Waals surface area contributed by atoms with Crippen molar-refractivity contribution in [3.63, 3.8) is 0 Å². The summed E-state index contributed by atoms with van der Waals surface area (Å²) in [6.45, 7) is -2.89. The summed E-state index contributed by atoms with van der Waals surface area (Å²) in [6, 6.07) is 8.10. The second-order valence-corrected chi connectivity index (χ2v) is 3.88. The van der Waals surface area contributed by atoms with Crippen LogP contribution in [0.2, 0.25) is 0 Å². The zero-order chi connectivity index (χ0) is 14.5. The Morgan fingerprint density at radius 2 is 1.95 bits per heavy atom. The van der Waals surface area contributed by atoms with Crippen LogP contribution in [-0.4, -0.2) is 23.5 Å². The topological polar surface area (TPSA) is 53.4 Å². The predicted octanol–water partition coefficient (Wildman–Crippen LogP) is 1.90. The van der Waals surface area contributed by atoms with Crippen LogP contribution in [0.15, 0.2) is 41.3 Å². The molecule has 2 rings (SSSR count). The molecule has 0 saturated heterocycles.